The Morgan fingerprint density at radius 1 is 1.43 bits per heavy atom. The van der Waals surface area contributed by atoms with Gasteiger partial charge in [0.1, 0.15) is 18.8 Å². The van der Waals surface area contributed by atoms with E-state index in [0.717, 1.165) is 0 Å². The van der Waals surface area contributed by atoms with Crippen molar-refractivity contribution >= 4 is 5.97 Å². The predicted octanol–water partition coefficient (Wildman–Crippen LogP) is -0.0381. The normalized spacial score (nSPS) is 14.9. The molecule has 0 aromatic carbocycles. The molecule has 0 rings (SSSR count). The standard InChI is InChI=1S/C9H18O5/c1-4-13-9(6-14-7(2)10)8(11)5-12-3/h8-9,11H,4-6H2,1-3H3. The van der Waals surface area contributed by atoms with Crippen LogP contribution >= 0.6 is 0 Å². The maximum atomic E-state index is 10.5. The molecule has 0 bridgehead atoms. The molecule has 0 aromatic heterocycles. The van der Waals surface area contributed by atoms with Crippen molar-refractivity contribution in [3.05, 3.63) is 0 Å². The summed E-state index contributed by atoms with van der Waals surface area (Å²) in [7, 11) is 1.48. The van der Waals surface area contributed by atoms with Crippen molar-refractivity contribution in [1.29, 1.82) is 0 Å². The van der Waals surface area contributed by atoms with E-state index in [-0.39, 0.29) is 19.2 Å². The van der Waals surface area contributed by atoms with Gasteiger partial charge in [-0.05, 0) is 6.92 Å². The van der Waals surface area contributed by atoms with E-state index >= 15 is 0 Å². The molecular formula is C9H18O5. The highest BCUT2D eigenvalue weighted by atomic mass is 16.6. The SMILES string of the molecule is CCOC(COC(C)=O)C(O)COC. The molecule has 0 aromatic rings. The van der Waals surface area contributed by atoms with Gasteiger partial charge in [0.25, 0.3) is 0 Å². The lowest BCUT2D eigenvalue weighted by Crippen LogP contribution is -2.37. The van der Waals surface area contributed by atoms with E-state index in [1.54, 1.807) is 6.92 Å². The number of aliphatic hydroxyl groups is 1. The number of rotatable bonds is 7. The molecule has 0 amide bonds. The highest BCUT2D eigenvalue weighted by Gasteiger charge is 2.20. The van der Waals surface area contributed by atoms with Crippen LogP contribution in [0.25, 0.3) is 0 Å². The first-order valence-electron chi connectivity index (χ1n) is 4.53. The quantitative estimate of drug-likeness (QED) is 0.592. The van der Waals surface area contributed by atoms with Gasteiger partial charge in [0.2, 0.25) is 0 Å². The number of carbonyl (C=O) groups excluding carboxylic acids is 1. The highest BCUT2D eigenvalue weighted by molar-refractivity contribution is 5.65. The third-order valence-electron chi connectivity index (χ3n) is 1.60. The van der Waals surface area contributed by atoms with Crippen molar-refractivity contribution < 1.29 is 24.1 Å². The van der Waals surface area contributed by atoms with Crippen LogP contribution in [0.15, 0.2) is 0 Å². The van der Waals surface area contributed by atoms with Gasteiger partial charge in [0.15, 0.2) is 0 Å². The van der Waals surface area contributed by atoms with Crippen LogP contribution in [0.5, 0.6) is 0 Å². The molecular weight excluding hydrogens is 188 g/mol. The van der Waals surface area contributed by atoms with Gasteiger partial charge in [-0.1, -0.05) is 0 Å². The lowest BCUT2D eigenvalue weighted by molar-refractivity contribution is -0.150. The number of hydrogen-bond donors (Lipinski definition) is 1. The number of hydrogen-bond acceptors (Lipinski definition) is 5. The zero-order valence-corrected chi connectivity index (χ0v) is 8.86. The Kier molecular flexibility index (Phi) is 7.37. The van der Waals surface area contributed by atoms with Crippen LogP contribution in [0.2, 0.25) is 0 Å². The molecule has 14 heavy (non-hydrogen) atoms. The van der Waals surface area contributed by atoms with Gasteiger partial charge in [-0.15, -0.1) is 0 Å². The first kappa shape index (κ1) is 13.4. The van der Waals surface area contributed by atoms with E-state index in [4.69, 9.17) is 14.2 Å². The topological polar surface area (TPSA) is 65.0 Å². The van der Waals surface area contributed by atoms with Crippen molar-refractivity contribution in [2.45, 2.75) is 26.1 Å². The summed E-state index contributed by atoms with van der Waals surface area (Å²) in [5.74, 6) is -0.390. The fourth-order valence-corrected chi connectivity index (χ4v) is 0.962. The van der Waals surface area contributed by atoms with Gasteiger partial charge >= 0.3 is 5.97 Å². The average molecular weight is 206 g/mol. The predicted molar refractivity (Wildman–Crippen MR) is 49.9 cm³/mol. The fourth-order valence-electron chi connectivity index (χ4n) is 0.962. The molecule has 0 radical (unpaired) electrons. The molecule has 1 N–H and O–H groups in total. The zero-order valence-electron chi connectivity index (χ0n) is 8.86. The monoisotopic (exact) mass is 206 g/mol. The number of aliphatic hydroxyl groups excluding tert-OH is 1. The minimum Gasteiger partial charge on any atom is -0.463 e. The molecule has 0 saturated carbocycles. The smallest absolute Gasteiger partial charge is 0.302 e. The molecule has 84 valence electrons. The summed E-state index contributed by atoms with van der Waals surface area (Å²) in [5.41, 5.74) is 0. The Labute approximate surface area is 84.0 Å². The fraction of sp³-hybridized carbons (Fsp3) is 0.889. The minimum atomic E-state index is -0.778. The Bertz CT molecular complexity index is 159. The molecule has 5 heteroatoms. The van der Waals surface area contributed by atoms with Crippen LogP contribution in [0, 0.1) is 0 Å². The minimum absolute atomic E-state index is 0.0493. The van der Waals surface area contributed by atoms with Crippen molar-refractivity contribution in [3.8, 4) is 0 Å². The van der Waals surface area contributed by atoms with Crippen LogP contribution in [0.3, 0.4) is 0 Å². The summed E-state index contributed by atoms with van der Waals surface area (Å²) in [4.78, 5) is 10.5. The van der Waals surface area contributed by atoms with Crippen LogP contribution in [-0.4, -0.2) is 50.2 Å². The maximum absolute atomic E-state index is 10.5. The van der Waals surface area contributed by atoms with E-state index in [2.05, 4.69) is 0 Å². The number of carbonyl (C=O) groups is 1. The van der Waals surface area contributed by atoms with Crippen LogP contribution in [-0.2, 0) is 19.0 Å². The van der Waals surface area contributed by atoms with Gasteiger partial charge < -0.3 is 19.3 Å². The summed E-state index contributed by atoms with van der Waals surface area (Å²) in [6.45, 7) is 3.78. The first-order chi connectivity index (χ1) is 6.61. The van der Waals surface area contributed by atoms with E-state index in [1.165, 1.54) is 14.0 Å². The highest BCUT2D eigenvalue weighted by Crippen LogP contribution is 2.01. The lowest BCUT2D eigenvalue weighted by atomic mass is 10.2. The summed E-state index contributed by atoms with van der Waals surface area (Å²) in [5, 5.41) is 9.51. The Morgan fingerprint density at radius 3 is 2.50 bits per heavy atom. The summed E-state index contributed by atoms with van der Waals surface area (Å²) >= 11 is 0. The lowest BCUT2D eigenvalue weighted by Gasteiger charge is -2.21. The molecule has 0 heterocycles. The van der Waals surface area contributed by atoms with Crippen molar-refractivity contribution in [1.82, 2.24) is 0 Å². The van der Waals surface area contributed by atoms with Crippen molar-refractivity contribution in [3.63, 3.8) is 0 Å². The second-order valence-electron chi connectivity index (χ2n) is 2.82. The molecule has 0 aliphatic heterocycles. The van der Waals surface area contributed by atoms with Crippen LogP contribution in [0.4, 0.5) is 0 Å². The van der Waals surface area contributed by atoms with Crippen molar-refractivity contribution in [2.24, 2.45) is 0 Å². The van der Waals surface area contributed by atoms with Gasteiger partial charge in [0, 0.05) is 20.6 Å². The third-order valence-corrected chi connectivity index (χ3v) is 1.60. The van der Waals surface area contributed by atoms with Crippen LogP contribution in [0.1, 0.15) is 13.8 Å². The number of esters is 1. The summed E-state index contributed by atoms with van der Waals surface area (Å²) in [6, 6.07) is 0. The van der Waals surface area contributed by atoms with Crippen LogP contribution < -0.4 is 0 Å². The second kappa shape index (κ2) is 7.73. The molecule has 0 spiro atoms. The largest absolute Gasteiger partial charge is 0.463 e. The Hall–Kier alpha value is -0.650. The molecule has 2 atom stereocenters. The van der Waals surface area contributed by atoms with E-state index in [9.17, 15) is 9.90 Å². The molecule has 0 fully saturated rings. The molecule has 2 unspecified atom stereocenters. The average Bonchev–Trinajstić information content (AvgIpc) is 2.12. The molecule has 5 nitrogen and oxygen atoms in total. The Balaban J connectivity index is 3.92. The van der Waals surface area contributed by atoms with Gasteiger partial charge in [-0.25, -0.2) is 0 Å². The van der Waals surface area contributed by atoms with E-state index < -0.39 is 12.2 Å². The summed E-state index contributed by atoms with van der Waals surface area (Å²) < 4.78 is 14.7. The molecule has 0 saturated heterocycles. The second-order valence-corrected chi connectivity index (χ2v) is 2.82. The van der Waals surface area contributed by atoms with E-state index in [0.29, 0.717) is 6.61 Å². The zero-order chi connectivity index (χ0) is 11.0. The third kappa shape index (κ3) is 5.90. The number of ether oxygens (including phenoxy) is 3. The number of methoxy groups -OCH3 is 1. The maximum Gasteiger partial charge on any atom is 0.302 e. The van der Waals surface area contributed by atoms with Gasteiger partial charge in [0.05, 0.1) is 6.61 Å². The van der Waals surface area contributed by atoms with Gasteiger partial charge in [-0.2, -0.15) is 0 Å². The summed E-state index contributed by atoms with van der Waals surface area (Å²) in [6.07, 6.45) is -1.30. The molecule has 0 aliphatic carbocycles. The molecule has 0 aliphatic rings. The van der Waals surface area contributed by atoms with E-state index in [1.807, 2.05) is 0 Å². The Morgan fingerprint density at radius 2 is 2.07 bits per heavy atom. The van der Waals surface area contributed by atoms with Crippen molar-refractivity contribution in [2.75, 3.05) is 26.9 Å². The van der Waals surface area contributed by atoms with Gasteiger partial charge in [-0.3, -0.25) is 4.79 Å². The first-order valence-corrected chi connectivity index (χ1v) is 4.53.